The van der Waals surface area contributed by atoms with E-state index < -0.39 is 6.04 Å². The summed E-state index contributed by atoms with van der Waals surface area (Å²) < 4.78 is 0. The van der Waals surface area contributed by atoms with Crippen molar-refractivity contribution in [3.05, 3.63) is 34.9 Å². The van der Waals surface area contributed by atoms with Gasteiger partial charge in [-0.05, 0) is 42.5 Å². The van der Waals surface area contributed by atoms with E-state index in [-0.39, 0.29) is 5.91 Å². The second-order valence-corrected chi connectivity index (χ2v) is 5.48. The van der Waals surface area contributed by atoms with Crippen LogP contribution in [0.25, 0.3) is 0 Å². The van der Waals surface area contributed by atoms with Gasteiger partial charge in [-0.25, -0.2) is 0 Å². The third-order valence-electron chi connectivity index (χ3n) is 2.60. The van der Waals surface area contributed by atoms with Crippen LogP contribution in [-0.2, 0) is 11.2 Å². The van der Waals surface area contributed by atoms with Crippen LogP contribution in [0.5, 0.6) is 0 Å². The van der Waals surface area contributed by atoms with Crippen molar-refractivity contribution in [2.24, 2.45) is 5.73 Å². The maximum atomic E-state index is 11.6. The Bertz CT molecular complexity index is 370. The summed E-state index contributed by atoms with van der Waals surface area (Å²) in [5.41, 5.74) is 6.91. The molecule has 0 saturated carbocycles. The fourth-order valence-electron chi connectivity index (χ4n) is 1.49. The Labute approximate surface area is 117 Å². The third-order valence-corrected chi connectivity index (χ3v) is 3.49. The van der Waals surface area contributed by atoms with Crippen molar-refractivity contribution in [3.63, 3.8) is 0 Å². The van der Waals surface area contributed by atoms with Crippen LogP contribution in [0.4, 0.5) is 0 Å². The van der Waals surface area contributed by atoms with Gasteiger partial charge >= 0.3 is 0 Å². The Kier molecular flexibility index (Phi) is 7.16. The number of carbonyl (C=O) groups excluding carboxylic acids is 1. The summed E-state index contributed by atoms with van der Waals surface area (Å²) in [6, 6.07) is 7.22. The highest BCUT2D eigenvalue weighted by Crippen LogP contribution is 2.09. The standard InChI is InChI=1S/C13H19ClN2OS/c1-18-9-7-12(15)13(17)16-8-6-10-2-4-11(14)5-3-10/h2-5,12H,6-9,15H2,1H3,(H,16,17)/t12-/m0/s1. The fourth-order valence-corrected chi connectivity index (χ4v) is 2.10. The molecule has 0 bridgehead atoms. The molecule has 1 aromatic rings. The van der Waals surface area contributed by atoms with Gasteiger partial charge in [-0.1, -0.05) is 23.7 Å². The van der Waals surface area contributed by atoms with Crippen molar-refractivity contribution >= 4 is 29.3 Å². The molecule has 18 heavy (non-hydrogen) atoms. The SMILES string of the molecule is CSCC[C@H](N)C(=O)NCCc1ccc(Cl)cc1. The predicted molar refractivity (Wildman–Crippen MR) is 79.1 cm³/mol. The molecule has 1 amide bonds. The number of rotatable bonds is 7. The van der Waals surface area contributed by atoms with Crippen molar-refractivity contribution in [2.75, 3.05) is 18.6 Å². The Morgan fingerprint density at radius 2 is 2.11 bits per heavy atom. The van der Waals surface area contributed by atoms with Crippen LogP contribution in [0.3, 0.4) is 0 Å². The lowest BCUT2D eigenvalue weighted by molar-refractivity contribution is -0.122. The van der Waals surface area contributed by atoms with Gasteiger partial charge in [0, 0.05) is 11.6 Å². The van der Waals surface area contributed by atoms with Gasteiger partial charge < -0.3 is 11.1 Å². The number of hydrogen-bond acceptors (Lipinski definition) is 3. The molecular weight excluding hydrogens is 268 g/mol. The largest absolute Gasteiger partial charge is 0.354 e. The number of amides is 1. The lowest BCUT2D eigenvalue weighted by Gasteiger charge is -2.11. The van der Waals surface area contributed by atoms with E-state index in [0.717, 1.165) is 22.8 Å². The van der Waals surface area contributed by atoms with Crippen LogP contribution in [0, 0.1) is 0 Å². The Hall–Kier alpha value is -0.710. The highest BCUT2D eigenvalue weighted by atomic mass is 35.5. The molecule has 1 rings (SSSR count). The molecule has 0 aliphatic rings. The van der Waals surface area contributed by atoms with Crippen LogP contribution in [0.15, 0.2) is 24.3 Å². The van der Waals surface area contributed by atoms with E-state index >= 15 is 0 Å². The average Bonchev–Trinajstić information content (AvgIpc) is 2.38. The van der Waals surface area contributed by atoms with E-state index in [1.54, 1.807) is 11.8 Å². The molecule has 0 aliphatic carbocycles. The summed E-state index contributed by atoms with van der Waals surface area (Å²) in [6.07, 6.45) is 3.51. The first-order valence-corrected chi connectivity index (χ1v) is 7.67. The van der Waals surface area contributed by atoms with Gasteiger partial charge in [0.2, 0.25) is 5.91 Å². The molecule has 0 aliphatic heterocycles. The minimum Gasteiger partial charge on any atom is -0.354 e. The van der Waals surface area contributed by atoms with Crippen LogP contribution in [0.2, 0.25) is 5.02 Å². The molecule has 5 heteroatoms. The number of carbonyl (C=O) groups is 1. The average molecular weight is 287 g/mol. The summed E-state index contributed by atoms with van der Waals surface area (Å²) in [7, 11) is 0. The van der Waals surface area contributed by atoms with Crippen molar-refractivity contribution in [1.29, 1.82) is 0 Å². The summed E-state index contributed by atoms with van der Waals surface area (Å²) in [6.45, 7) is 0.605. The van der Waals surface area contributed by atoms with Gasteiger partial charge in [0.1, 0.15) is 0 Å². The van der Waals surface area contributed by atoms with Crippen molar-refractivity contribution in [3.8, 4) is 0 Å². The summed E-state index contributed by atoms with van der Waals surface area (Å²) in [5, 5.41) is 3.57. The summed E-state index contributed by atoms with van der Waals surface area (Å²) in [4.78, 5) is 11.6. The van der Waals surface area contributed by atoms with Gasteiger partial charge in [0.15, 0.2) is 0 Å². The minimum atomic E-state index is -0.400. The van der Waals surface area contributed by atoms with Gasteiger partial charge in [-0.3, -0.25) is 4.79 Å². The predicted octanol–water partition coefficient (Wildman–Crippen LogP) is 2.08. The number of benzene rings is 1. The van der Waals surface area contributed by atoms with Gasteiger partial charge in [-0.15, -0.1) is 0 Å². The normalized spacial score (nSPS) is 12.2. The molecule has 1 atom stereocenters. The lowest BCUT2D eigenvalue weighted by atomic mass is 10.1. The van der Waals surface area contributed by atoms with E-state index in [1.807, 2.05) is 30.5 Å². The second-order valence-electron chi connectivity index (χ2n) is 4.06. The zero-order valence-corrected chi connectivity index (χ0v) is 12.1. The first-order chi connectivity index (χ1) is 8.63. The van der Waals surface area contributed by atoms with Crippen LogP contribution in [0.1, 0.15) is 12.0 Å². The smallest absolute Gasteiger partial charge is 0.236 e. The first kappa shape index (κ1) is 15.3. The molecule has 0 fully saturated rings. The molecule has 0 heterocycles. The van der Waals surface area contributed by atoms with E-state index in [0.29, 0.717) is 13.0 Å². The van der Waals surface area contributed by atoms with Crippen LogP contribution >= 0.6 is 23.4 Å². The van der Waals surface area contributed by atoms with Crippen molar-refractivity contribution < 1.29 is 4.79 Å². The molecule has 0 saturated heterocycles. The van der Waals surface area contributed by atoms with E-state index in [2.05, 4.69) is 5.32 Å². The molecule has 3 N–H and O–H groups in total. The number of hydrogen-bond donors (Lipinski definition) is 2. The van der Waals surface area contributed by atoms with Crippen LogP contribution in [-0.4, -0.2) is 30.5 Å². The first-order valence-electron chi connectivity index (χ1n) is 5.90. The fraction of sp³-hybridized carbons (Fsp3) is 0.462. The molecule has 1 aromatic carbocycles. The monoisotopic (exact) mass is 286 g/mol. The maximum absolute atomic E-state index is 11.6. The molecule has 0 aromatic heterocycles. The van der Waals surface area contributed by atoms with E-state index in [9.17, 15) is 4.79 Å². The number of halogens is 1. The third kappa shape index (κ3) is 5.76. The molecule has 100 valence electrons. The second kappa shape index (κ2) is 8.40. The number of nitrogens with two attached hydrogens (primary N) is 1. The molecule has 0 unspecified atom stereocenters. The van der Waals surface area contributed by atoms with E-state index in [1.165, 1.54) is 0 Å². The highest BCUT2D eigenvalue weighted by Gasteiger charge is 2.11. The minimum absolute atomic E-state index is 0.0713. The van der Waals surface area contributed by atoms with E-state index in [4.69, 9.17) is 17.3 Å². The van der Waals surface area contributed by atoms with Crippen LogP contribution < -0.4 is 11.1 Å². The van der Waals surface area contributed by atoms with Gasteiger partial charge in [0.05, 0.1) is 6.04 Å². The quantitative estimate of drug-likeness (QED) is 0.807. The van der Waals surface area contributed by atoms with Crippen molar-refractivity contribution in [2.45, 2.75) is 18.9 Å². The van der Waals surface area contributed by atoms with Gasteiger partial charge in [0.25, 0.3) is 0 Å². The molecule has 0 radical (unpaired) electrons. The number of nitrogens with one attached hydrogen (secondary N) is 1. The maximum Gasteiger partial charge on any atom is 0.236 e. The number of thioether (sulfide) groups is 1. The zero-order chi connectivity index (χ0) is 13.4. The molecule has 0 spiro atoms. The van der Waals surface area contributed by atoms with Crippen molar-refractivity contribution in [1.82, 2.24) is 5.32 Å². The van der Waals surface area contributed by atoms with Gasteiger partial charge in [-0.2, -0.15) is 11.8 Å². The summed E-state index contributed by atoms with van der Waals surface area (Å²) >= 11 is 7.49. The Balaban J connectivity index is 2.24. The lowest BCUT2D eigenvalue weighted by Crippen LogP contribution is -2.41. The Morgan fingerprint density at radius 1 is 1.44 bits per heavy atom. The highest BCUT2D eigenvalue weighted by molar-refractivity contribution is 7.98. The molecular formula is C13H19ClN2OS. The topological polar surface area (TPSA) is 55.1 Å². The zero-order valence-electron chi connectivity index (χ0n) is 10.5. The molecule has 3 nitrogen and oxygen atoms in total. The summed E-state index contributed by atoms with van der Waals surface area (Å²) in [5.74, 6) is 0.837. The Morgan fingerprint density at radius 3 is 2.72 bits per heavy atom.